The maximum absolute atomic E-state index is 5.69. The zero-order valence-electron chi connectivity index (χ0n) is 20.6. The summed E-state index contributed by atoms with van der Waals surface area (Å²) in [6.45, 7) is 10.6. The van der Waals surface area contributed by atoms with Crippen LogP contribution in [0.1, 0.15) is 22.4 Å². The highest BCUT2D eigenvalue weighted by atomic mass is 35.5. The lowest BCUT2D eigenvalue weighted by Crippen LogP contribution is -2.42. The number of fused-ring (bicyclic) bond motifs is 2. The number of rotatable bonds is 5. The molecule has 5 heterocycles. The molecular formula is C26H33ClN8O. The molecule has 0 atom stereocenters. The predicted octanol–water partition coefficient (Wildman–Crippen LogP) is 3.12. The van der Waals surface area contributed by atoms with Crippen molar-refractivity contribution in [3.63, 3.8) is 0 Å². The molecule has 0 unspecified atom stereocenters. The molecule has 3 N–H and O–H groups in total. The van der Waals surface area contributed by atoms with Crippen LogP contribution in [0, 0.1) is 6.92 Å². The molecule has 10 heteroatoms. The summed E-state index contributed by atoms with van der Waals surface area (Å²) in [6, 6.07) is 8.61. The average molecular weight is 509 g/mol. The number of halogens is 1. The number of pyridine rings is 1. The monoisotopic (exact) mass is 508 g/mol. The molecule has 3 aliphatic rings. The lowest BCUT2D eigenvalue weighted by molar-refractivity contribution is 0.233. The molecule has 2 aromatic heterocycles. The highest BCUT2D eigenvalue weighted by Crippen LogP contribution is 2.36. The third-order valence-corrected chi connectivity index (χ3v) is 7.03. The summed E-state index contributed by atoms with van der Waals surface area (Å²) >= 11 is 0. The van der Waals surface area contributed by atoms with Crippen molar-refractivity contribution in [3.8, 4) is 5.88 Å². The first-order valence-electron chi connectivity index (χ1n) is 12.5. The van der Waals surface area contributed by atoms with Crippen molar-refractivity contribution in [1.29, 1.82) is 0 Å². The second-order valence-electron chi connectivity index (χ2n) is 9.41. The molecule has 0 aliphatic carbocycles. The number of nitrogens with zero attached hydrogens (tertiary/aromatic N) is 5. The molecule has 36 heavy (non-hydrogen) atoms. The van der Waals surface area contributed by atoms with Gasteiger partial charge >= 0.3 is 0 Å². The zero-order chi connectivity index (χ0) is 23.6. The minimum Gasteiger partial charge on any atom is -0.474 e. The molecule has 3 aromatic rings. The van der Waals surface area contributed by atoms with Gasteiger partial charge in [-0.1, -0.05) is 12.1 Å². The third kappa shape index (κ3) is 5.18. The van der Waals surface area contributed by atoms with Crippen LogP contribution >= 0.6 is 12.4 Å². The molecule has 0 spiro atoms. The van der Waals surface area contributed by atoms with Crippen LogP contribution in [-0.2, 0) is 19.5 Å². The van der Waals surface area contributed by atoms with Crippen LogP contribution in [0.25, 0.3) is 0 Å². The number of benzene rings is 1. The van der Waals surface area contributed by atoms with Gasteiger partial charge in [-0.05, 0) is 36.6 Å². The standard InChI is InChI=1S/C26H32N8O.ClH/c1-18-23(15-29-25-24(18)28-9-13-35-25)34-10-6-20-14-30-26(32-22(20)17-34)31-21-4-2-19(3-5-21)16-33-11-7-27-8-12-33;/h2-5,14-15,27-28H,6-13,16-17H2,1H3,(H,30,31,32);1H. The van der Waals surface area contributed by atoms with Crippen LogP contribution in [0.15, 0.2) is 36.7 Å². The summed E-state index contributed by atoms with van der Waals surface area (Å²) in [5.41, 5.74) is 7.90. The smallest absolute Gasteiger partial charge is 0.237 e. The maximum Gasteiger partial charge on any atom is 0.237 e. The second kappa shape index (κ2) is 10.9. The van der Waals surface area contributed by atoms with Crippen LogP contribution in [0.4, 0.5) is 23.0 Å². The maximum atomic E-state index is 5.69. The van der Waals surface area contributed by atoms with Crippen LogP contribution in [-0.4, -0.2) is 65.7 Å². The molecule has 1 fully saturated rings. The topological polar surface area (TPSA) is 90.5 Å². The predicted molar refractivity (Wildman–Crippen MR) is 145 cm³/mol. The van der Waals surface area contributed by atoms with Gasteiger partial charge in [-0.15, -0.1) is 12.4 Å². The quantitative estimate of drug-likeness (QED) is 0.481. The second-order valence-corrected chi connectivity index (χ2v) is 9.41. The van der Waals surface area contributed by atoms with Crippen molar-refractivity contribution in [1.82, 2.24) is 25.2 Å². The van der Waals surface area contributed by atoms with E-state index in [1.165, 1.54) is 16.7 Å². The highest BCUT2D eigenvalue weighted by Gasteiger charge is 2.24. The normalized spacial score (nSPS) is 17.2. The Morgan fingerprint density at radius 3 is 2.69 bits per heavy atom. The molecule has 1 saturated heterocycles. The van der Waals surface area contributed by atoms with Crippen molar-refractivity contribution in [3.05, 3.63) is 59.0 Å². The number of ether oxygens (including phenoxy) is 1. The zero-order valence-corrected chi connectivity index (χ0v) is 21.4. The SMILES string of the molecule is Cc1c(N2CCc3cnc(Nc4ccc(CN5CCNCC5)cc4)nc3C2)cnc2c1NCCO2.Cl. The van der Waals surface area contributed by atoms with Gasteiger partial charge in [-0.2, -0.15) is 0 Å². The van der Waals surface area contributed by atoms with E-state index in [4.69, 9.17) is 9.72 Å². The third-order valence-electron chi connectivity index (χ3n) is 7.03. The van der Waals surface area contributed by atoms with Gasteiger partial charge in [0.25, 0.3) is 0 Å². The largest absolute Gasteiger partial charge is 0.474 e. The van der Waals surface area contributed by atoms with E-state index in [1.54, 1.807) is 0 Å². The highest BCUT2D eigenvalue weighted by molar-refractivity contribution is 5.85. The van der Waals surface area contributed by atoms with Gasteiger partial charge in [0, 0.05) is 63.3 Å². The average Bonchev–Trinajstić information content (AvgIpc) is 2.90. The first-order chi connectivity index (χ1) is 17.2. The molecule has 0 amide bonds. The van der Waals surface area contributed by atoms with E-state index >= 15 is 0 Å². The number of anilines is 4. The summed E-state index contributed by atoms with van der Waals surface area (Å²) in [7, 11) is 0. The van der Waals surface area contributed by atoms with Crippen molar-refractivity contribution < 1.29 is 4.74 Å². The Balaban J connectivity index is 0.00000267. The van der Waals surface area contributed by atoms with E-state index in [2.05, 4.69) is 66.9 Å². The molecular weight excluding hydrogens is 476 g/mol. The van der Waals surface area contributed by atoms with E-state index in [0.717, 1.165) is 81.5 Å². The fourth-order valence-electron chi connectivity index (χ4n) is 5.05. The number of piperazine rings is 1. The molecule has 6 rings (SSSR count). The summed E-state index contributed by atoms with van der Waals surface area (Å²) in [6.07, 6.45) is 4.80. The van der Waals surface area contributed by atoms with Gasteiger partial charge in [-0.25, -0.2) is 15.0 Å². The minimum atomic E-state index is 0. The van der Waals surface area contributed by atoms with Gasteiger partial charge in [-0.3, -0.25) is 4.90 Å². The number of hydrogen-bond acceptors (Lipinski definition) is 9. The van der Waals surface area contributed by atoms with Gasteiger partial charge in [0.05, 0.1) is 24.1 Å². The fraction of sp³-hybridized carbons (Fsp3) is 0.423. The summed E-state index contributed by atoms with van der Waals surface area (Å²) in [4.78, 5) is 18.8. The number of aromatic nitrogens is 3. The van der Waals surface area contributed by atoms with E-state index in [0.29, 0.717) is 18.4 Å². The Labute approximate surface area is 218 Å². The summed E-state index contributed by atoms with van der Waals surface area (Å²) < 4.78 is 5.69. The molecule has 0 saturated carbocycles. The number of hydrogen-bond donors (Lipinski definition) is 3. The first kappa shape index (κ1) is 24.5. The molecule has 0 bridgehead atoms. The van der Waals surface area contributed by atoms with Crippen molar-refractivity contribution in [2.75, 3.05) is 61.4 Å². The van der Waals surface area contributed by atoms with Crippen LogP contribution < -0.4 is 25.6 Å². The van der Waals surface area contributed by atoms with Crippen LogP contribution in [0.5, 0.6) is 5.88 Å². The van der Waals surface area contributed by atoms with Crippen molar-refractivity contribution >= 4 is 35.4 Å². The lowest BCUT2D eigenvalue weighted by Gasteiger charge is -2.32. The Bertz CT molecular complexity index is 1200. The van der Waals surface area contributed by atoms with Crippen LogP contribution in [0.3, 0.4) is 0 Å². The molecule has 190 valence electrons. The summed E-state index contributed by atoms with van der Waals surface area (Å²) in [5.74, 6) is 1.33. The van der Waals surface area contributed by atoms with E-state index in [9.17, 15) is 0 Å². The Morgan fingerprint density at radius 1 is 1.03 bits per heavy atom. The summed E-state index contributed by atoms with van der Waals surface area (Å²) in [5, 5.41) is 10.2. The molecule has 0 radical (unpaired) electrons. The Morgan fingerprint density at radius 2 is 1.86 bits per heavy atom. The van der Waals surface area contributed by atoms with Crippen LogP contribution in [0.2, 0.25) is 0 Å². The Hall–Kier alpha value is -3.14. The molecule has 9 nitrogen and oxygen atoms in total. The van der Waals surface area contributed by atoms with Crippen molar-refractivity contribution in [2.45, 2.75) is 26.4 Å². The Kier molecular flexibility index (Phi) is 7.41. The van der Waals surface area contributed by atoms with Gasteiger partial charge in [0.2, 0.25) is 11.8 Å². The first-order valence-corrected chi connectivity index (χ1v) is 12.5. The van der Waals surface area contributed by atoms with Gasteiger partial charge < -0.3 is 25.6 Å². The fourth-order valence-corrected chi connectivity index (χ4v) is 5.05. The molecule has 1 aromatic carbocycles. The lowest BCUT2D eigenvalue weighted by atomic mass is 10.0. The van der Waals surface area contributed by atoms with E-state index in [1.807, 2.05) is 12.4 Å². The molecule has 3 aliphatic heterocycles. The minimum absolute atomic E-state index is 0. The van der Waals surface area contributed by atoms with E-state index in [-0.39, 0.29) is 12.4 Å². The van der Waals surface area contributed by atoms with Gasteiger partial charge in [0.1, 0.15) is 12.3 Å². The number of nitrogens with one attached hydrogen (secondary N) is 3. The van der Waals surface area contributed by atoms with Crippen molar-refractivity contribution in [2.24, 2.45) is 0 Å². The van der Waals surface area contributed by atoms with Gasteiger partial charge in [0.15, 0.2) is 0 Å². The van der Waals surface area contributed by atoms with E-state index < -0.39 is 0 Å².